The minimum Gasteiger partial charge on any atom is -0.492 e. The summed E-state index contributed by atoms with van der Waals surface area (Å²) in [5.74, 6) is 1.59. The molecule has 1 atom stereocenters. The highest BCUT2D eigenvalue weighted by Gasteiger charge is 2.11. The van der Waals surface area contributed by atoms with Gasteiger partial charge in [0.1, 0.15) is 18.2 Å². The molecule has 3 N–H and O–H groups in total. The van der Waals surface area contributed by atoms with Gasteiger partial charge in [0.2, 0.25) is 0 Å². The molecule has 0 aromatic heterocycles. The Morgan fingerprint density at radius 2 is 2.19 bits per heavy atom. The van der Waals surface area contributed by atoms with Crippen molar-refractivity contribution in [2.24, 2.45) is 16.6 Å². The predicted octanol–water partition coefficient (Wildman–Crippen LogP) is 1.65. The molecular formula is C12H23N3O. The summed E-state index contributed by atoms with van der Waals surface area (Å²) in [7, 11) is 1.93. The lowest BCUT2D eigenvalue weighted by Crippen LogP contribution is -2.35. The number of nitrogens with two attached hydrogens (primary N) is 1. The molecule has 0 amide bonds. The summed E-state index contributed by atoms with van der Waals surface area (Å²) in [6, 6.07) is 0.321. The number of nitrogens with one attached hydrogen (secondary N) is 1. The molecule has 0 heterocycles. The van der Waals surface area contributed by atoms with E-state index in [0.29, 0.717) is 30.1 Å². The molecule has 0 saturated heterocycles. The van der Waals surface area contributed by atoms with E-state index in [-0.39, 0.29) is 0 Å². The topological polar surface area (TPSA) is 59.6 Å². The Bertz CT molecular complexity index is 269. The van der Waals surface area contributed by atoms with E-state index in [4.69, 9.17) is 10.5 Å². The second-order valence-corrected chi connectivity index (χ2v) is 3.87. The zero-order chi connectivity index (χ0) is 12.6. The standard InChI is InChI=1S/C12H23N3O/c1-6-10(7-12(13)15-5)16-8-11(14-4)9(2)3/h6-7,9,11,14H,5,8,13H2,1-4H3/b10-6+,12-7-. The summed E-state index contributed by atoms with van der Waals surface area (Å²) in [5.41, 5.74) is 5.54. The summed E-state index contributed by atoms with van der Waals surface area (Å²) in [5, 5.41) is 3.21. The number of likely N-dealkylation sites (N-methyl/N-ethyl adjacent to an activating group) is 1. The highest BCUT2D eigenvalue weighted by Crippen LogP contribution is 2.07. The van der Waals surface area contributed by atoms with Gasteiger partial charge in [-0.15, -0.1) is 0 Å². The van der Waals surface area contributed by atoms with Crippen molar-refractivity contribution < 1.29 is 4.74 Å². The maximum absolute atomic E-state index is 5.63. The van der Waals surface area contributed by atoms with Gasteiger partial charge in [0.15, 0.2) is 0 Å². The van der Waals surface area contributed by atoms with Crippen LogP contribution in [-0.4, -0.2) is 26.4 Å². The second kappa shape index (κ2) is 7.93. The number of rotatable bonds is 7. The maximum atomic E-state index is 5.63. The van der Waals surface area contributed by atoms with Gasteiger partial charge in [-0.3, -0.25) is 0 Å². The molecule has 4 nitrogen and oxygen atoms in total. The van der Waals surface area contributed by atoms with E-state index in [1.165, 1.54) is 0 Å². The first-order chi connectivity index (χ1) is 7.54. The number of ether oxygens (including phenoxy) is 1. The smallest absolute Gasteiger partial charge is 0.126 e. The Labute approximate surface area is 98.3 Å². The molecule has 0 rings (SSSR count). The van der Waals surface area contributed by atoms with Gasteiger partial charge in [-0.25, -0.2) is 4.99 Å². The summed E-state index contributed by atoms with van der Waals surface area (Å²) >= 11 is 0. The van der Waals surface area contributed by atoms with Crippen molar-refractivity contribution in [1.82, 2.24) is 5.32 Å². The third kappa shape index (κ3) is 5.56. The largest absolute Gasteiger partial charge is 0.492 e. The van der Waals surface area contributed by atoms with E-state index in [9.17, 15) is 0 Å². The van der Waals surface area contributed by atoms with Gasteiger partial charge in [0.05, 0.1) is 0 Å². The third-order valence-corrected chi connectivity index (χ3v) is 2.36. The minimum atomic E-state index is 0.321. The Kier molecular flexibility index (Phi) is 7.29. The molecule has 0 aliphatic rings. The van der Waals surface area contributed by atoms with Gasteiger partial charge < -0.3 is 15.8 Å². The highest BCUT2D eigenvalue weighted by atomic mass is 16.5. The van der Waals surface area contributed by atoms with Gasteiger partial charge in [0.25, 0.3) is 0 Å². The first-order valence-electron chi connectivity index (χ1n) is 5.45. The molecule has 0 saturated carbocycles. The lowest BCUT2D eigenvalue weighted by molar-refractivity contribution is 0.171. The average molecular weight is 225 g/mol. The first kappa shape index (κ1) is 14.7. The predicted molar refractivity (Wildman–Crippen MR) is 69.2 cm³/mol. The molecule has 16 heavy (non-hydrogen) atoms. The van der Waals surface area contributed by atoms with Crippen LogP contribution in [0.5, 0.6) is 0 Å². The molecule has 92 valence electrons. The van der Waals surface area contributed by atoms with Crippen LogP contribution >= 0.6 is 0 Å². The fourth-order valence-corrected chi connectivity index (χ4v) is 1.19. The van der Waals surface area contributed by atoms with Crippen LogP contribution in [0, 0.1) is 5.92 Å². The lowest BCUT2D eigenvalue weighted by Gasteiger charge is -2.20. The van der Waals surface area contributed by atoms with Gasteiger partial charge in [-0.2, -0.15) is 0 Å². The zero-order valence-corrected chi connectivity index (χ0v) is 10.7. The number of aliphatic imine (C=N–C) groups is 1. The van der Waals surface area contributed by atoms with E-state index in [1.807, 2.05) is 20.0 Å². The van der Waals surface area contributed by atoms with Gasteiger partial charge >= 0.3 is 0 Å². The third-order valence-electron chi connectivity index (χ3n) is 2.36. The van der Waals surface area contributed by atoms with E-state index in [0.717, 1.165) is 0 Å². The van der Waals surface area contributed by atoms with Crippen molar-refractivity contribution in [3.63, 3.8) is 0 Å². The van der Waals surface area contributed by atoms with Crippen molar-refractivity contribution >= 4 is 6.72 Å². The van der Waals surface area contributed by atoms with Gasteiger partial charge in [-0.05, 0) is 32.7 Å². The Morgan fingerprint density at radius 3 is 2.56 bits per heavy atom. The molecule has 1 unspecified atom stereocenters. The van der Waals surface area contributed by atoms with Crippen LogP contribution in [0.25, 0.3) is 0 Å². The Balaban J connectivity index is 4.31. The molecule has 0 spiro atoms. The monoisotopic (exact) mass is 225 g/mol. The van der Waals surface area contributed by atoms with Crippen molar-refractivity contribution in [2.45, 2.75) is 26.8 Å². The van der Waals surface area contributed by atoms with E-state index < -0.39 is 0 Å². The van der Waals surface area contributed by atoms with Crippen LogP contribution in [0.15, 0.2) is 28.7 Å². The van der Waals surface area contributed by atoms with E-state index >= 15 is 0 Å². The maximum Gasteiger partial charge on any atom is 0.126 e. The lowest BCUT2D eigenvalue weighted by atomic mass is 10.1. The molecule has 0 radical (unpaired) electrons. The van der Waals surface area contributed by atoms with Gasteiger partial charge in [-0.1, -0.05) is 13.8 Å². The molecule has 0 aliphatic heterocycles. The minimum absolute atomic E-state index is 0.321. The Morgan fingerprint density at radius 1 is 1.56 bits per heavy atom. The zero-order valence-electron chi connectivity index (χ0n) is 10.7. The molecule has 0 aromatic rings. The van der Waals surface area contributed by atoms with Crippen LogP contribution in [0.3, 0.4) is 0 Å². The molecule has 0 fully saturated rings. The van der Waals surface area contributed by atoms with Crippen LogP contribution in [-0.2, 0) is 4.74 Å². The SMILES string of the molecule is C=N/C(N)=C\C(=C/C)OCC(NC)C(C)C. The summed E-state index contributed by atoms with van der Waals surface area (Å²) in [6.07, 6.45) is 3.52. The van der Waals surface area contributed by atoms with Crippen molar-refractivity contribution in [1.29, 1.82) is 0 Å². The van der Waals surface area contributed by atoms with E-state index in [1.54, 1.807) is 6.08 Å². The molecule has 0 aliphatic carbocycles. The Hall–Kier alpha value is -1.29. The summed E-state index contributed by atoms with van der Waals surface area (Å²) in [4.78, 5) is 3.61. The quantitative estimate of drug-likeness (QED) is 0.393. The van der Waals surface area contributed by atoms with Crippen LogP contribution in [0.1, 0.15) is 20.8 Å². The number of hydrogen-bond acceptors (Lipinski definition) is 4. The summed E-state index contributed by atoms with van der Waals surface area (Å²) in [6.45, 7) is 10.1. The second-order valence-electron chi connectivity index (χ2n) is 3.87. The fourth-order valence-electron chi connectivity index (χ4n) is 1.19. The molecular weight excluding hydrogens is 202 g/mol. The van der Waals surface area contributed by atoms with Crippen molar-refractivity contribution in [3.8, 4) is 0 Å². The van der Waals surface area contributed by atoms with Gasteiger partial charge in [0, 0.05) is 12.1 Å². The molecule has 0 aromatic carbocycles. The first-order valence-corrected chi connectivity index (χ1v) is 5.45. The summed E-state index contributed by atoms with van der Waals surface area (Å²) < 4.78 is 5.63. The molecule has 4 heteroatoms. The number of hydrogen-bond donors (Lipinski definition) is 2. The normalized spacial score (nSPS) is 15.1. The molecule has 0 bridgehead atoms. The highest BCUT2D eigenvalue weighted by molar-refractivity contribution is 5.30. The number of nitrogens with zero attached hydrogens (tertiary/aromatic N) is 1. The van der Waals surface area contributed by atoms with Crippen LogP contribution in [0.4, 0.5) is 0 Å². The average Bonchev–Trinajstić information content (AvgIpc) is 2.27. The number of allylic oxidation sites excluding steroid dienone is 2. The van der Waals surface area contributed by atoms with Crippen molar-refractivity contribution in [2.75, 3.05) is 13.7 Å². The fraction of sp³-hybridized carbons (Fsp3) is 0.583. The van der Waals surface area contributed by atoms with Crippen LogP contribution in [0.2, 0.25) is 0 Å². The van der Waals surface area contributed by atoms with Crippen molar-refractivity contribution in [3.05, 3.63) is 23.7 Å². The van der Waals surface area contributed by atoms with Crippen LogP contribution < -0.4 is 11.1 Å². The van der Waals surface area contributed by atoms with E-state index in [2.05, 4.69) is 30.9 Å².